The molecule has 1 saturated carbocycles. The third kappa shape index (κ3) is 3.07. The largest absolute Gasteiger partial charge is 0.481 e. The van der Waals surface area contributed by atoms with Crippen molar-refractivity contribution in [1.29, 1.82) is 0 Å². The summed E-state index contributed by atoms with van der Waals surface area (Å²) in [6.07, 6.45) is 2.36. The van der Waals surface area contributed by atoms with Crippen molar-refractivity contribution in [3.63, 3.8) is 0 Å². The van der Waals surface area contributed by atoms with Gasteiger partial charge in [0.2, 0.25) is 0 Å². The molecule has 1 amide bonds. The lowest BCUT2D eigenvalue weighted by atomic mass is 9.91. The monoisotopic (exact) mass is 375 g/mol. The maximum atomic E-state index is 12.7. The molecule has 1 spiro atoms. The van der Waals surface area contributed by atoms with Gasteiger partial charge in [-0.3, -0.25) is 9.59 Å². The van der Waals surface area contributed by atoms with Gasteiger partial charge in [0.05, 0.1) is 10.8 Å². The van der Waals surface area contributed by atoms with E-state index in [4.69, 9.17) is 16.7 Å². The standard InChI is InChI=1S/C19H18ClNO3S/c20-13-3-1-12(2-4-13)15-5-6-16(25-15)17(22)21-9-7-19(8-10-21)11-14(19)18(23)24/h1-6,14H,7-11H2,(H,23,24). The average Bonchev–Trinajstić information content (AvgIpc) is 3.09. The minimum Gasteiger partial charge on any atom is -0.481 e. The summed E-state index contributed by atoms with van der Waals surface area (Å²) in [7, 11) is 0. The van der Waals surface area contributed by atoms with E-state index in [-0.39, 0.29) is 17.2 Å². The van der Waals surface area contributed by atoms with E-state index >= 15 is 0 Å². The molecule has 25 heavy (non-hydrogen) atoms. The first kappa shape index (κ1) is 16.6. The first-order valence-electron chi connectivity index (χ1n) is 8.36. The summed E-state index contributed by atoms with van der Waals surface area (Å²) in [5, 5.41) is 9.86. The molecular weight excluding hydrogens is 358 g/mol. The number of carboxylic acid groups (broad SMARTS) is 1. The van der Waals surface area contributed by atoms with E-state index in [0.717, 1.165) is 34.6 Å². The van der Waals surface area contributed by atoms with E-state index in [2.05, 4.69) is 0 Å². The molecule has 0 radical (unpaired) electrons. The number of benzene rings is 1. The molecule has 2 aromatic rings. The zero-order valence-corrected chi connectivity index (χ0v) is 15.1. The van der Waals surface area contributed by atoms with Gasteiger partial charge >= 0.3 is 5.97 Å². The molecule has 1 aromatic heterocycles. The fourth-order valence-electron chi connectivity index (χ4n) is 3.78. The number of hydrogen-bond donors (Lipinski definition) is 1. The number of thiophene rings is 1. The lowest BCUT2D eigenvalue weighted by Crippen LogP contribution is -2.39. The molecule has 1 aliphatic heterocycles. The van der Waals surface area contributed by atoms with Crippen molar-refractivity contribution < 1.29 is 14.7 Å². The molecule has 1 aromatic carbocycles. The van der Waals surface area contributed by atoms with E-state index in [1.807, 2.05) is 41.3 Å². The maximum Gasteiger partial charge on any atom is 0.307 e. The predicted octanol–water partition coefficient (Wildman–Crippen LogP) is 4.40. The van der Waals surface area contributed by atoms with Crippen molar-refractivity contribution in [2.45, 2.75) is 19.3 Å². The lowest BCUT2D eigenvalue weighted by Gasteiger charge is -2.32. The van der Waals surface area contributed by atoms with Crippen LogP contribution in [0.25, 0.3) is 10.4 Å². The van der Waals surface area contributed by atoms with Crippen LogP contribution < -0.4 is 0 Å². The van der Waals surface area contributed by atoms with E-state index in [1.165, 1.54) is 11.3 Å². The second-order valence-electron chi connectivity index (χ2n) is 6.92. The minimum absolute atomic E-state index is 0.0487. The second kappa shape index (κ2) is 6.15. The minimum atomic E-state index is -0.689. The molecule has 4 nitrogen and oxygen atoms in total. The molecule has 4 rings (SSSR count). The van der Waals surface area contributed by atoms with Gasteiger partial charge in [-0.1, -0.05) is 23.7 Å². The third-order valence-corrected chi connectivity index (χ3v) is 6.85. The van der Waals surface area contributed by atoms with E-state index in [0.29, 0.717) is 18.1 Å². The first-order chi connectivity index (χ1) is 12.0. The van der Waals surface area contributed by atoms with Gasteiger partial charge in [0, 0.05) is 23.0 Å². The zero-order valence-electron chi connectivity index (χ0n) is 13.6. The molecule has 2 aliphatic rings. The van der Waals surface area contributed by atoms with Gasteiger partial charge in [0.1, 0.15) is 0 Å². The number of nitrogens with zero attached hydrogens (tertiary/aromatic N) is 1. The van der Waals surface area contributed by atoms with Gasteiger partial charge < -0.3 is 10.0 Å². The van der Waals surface area contributed by atoms with E-state index in [1.54, 1.807) is 0 Å². The Morgan fingerprint density at radius 1 is 1.12 bits per heavy atom. The summed E-state index contributed by atoms with van der Waals surface area (Å²) in [5.41, 5.74) is 1.00. The van der Waals surface area contributed by atoms with Gasteiger partial charge in [-0.15, -0.1) is 11.3 Å². The Balaban J connectivity index is 1.42. The fraction of sp³-hybridized carbons (Fsp3) is 0.368. The summed E-state index contributed by atoms with van der Waals surface area (Å²) in [6.45, 7) is 1.30. The van der Waals surface area contributed by atoms with Crippen molar-refractivity contribution in [1.82, 2.24) is 4.90 Å². The van der Waals surface area contributed by atoms with Crippen LogP contribution in [-0.2, 0) is 4.79 Å². The van der Waals surface area contributed by atoms with Gasteiger partial charge in [0.15, 0.2) is 0 Å². The predicted molar refractivity (Wildman–Crippen MR) is 98.1 cm³/mol. The molecule has 1 N–H and O–H groups in total. The number of piperidine rings is 1. The Morgan fingerprint density at radius 3 is 2.40 bits per heavy atom. The summed E-state index contributed by atoms with van der Waals surface area (Å²) >= 11 is 7.41. The Kier molecular flexibility index (Phi) is 4.08. The van der Waals surface area contributed by atoms with Crippen molar-refractivity contribution in [3.8, 4) is 10.4 Å². The Morgan fingerprint density at radius 2 is 1.80 bits per heavy atom. The normalized spacial score (nSPS) is 21.3. The van der Waals surface area contributed by atoms with Gasteiger partial charge in [0.25, 0.3) is 5.91 Å². The zero-order chi connectivity index (χ0) is 17.6. The molecule has 130 valence electrons. The van der Waals surface area contributed by atoms with Crippen LogP contribution in [-0.4, -0.2) is 35.0 Å². The van der Waals surface area contributed by atoms with Crippen LogP contribution in [0.5, 0.6) is 0 Å². The second-order valence-corrected chi connectivity index (χ2v) is 8.44. The quantitative estimate of drug-likeness (QED) is 0.865. The Hall–Kier alpha value is -1.85. The van der Waals surface area contributed by atoms with Crippen molar-refractivity contribution in [3.05, 3.63) is 46.3 Å². The van der Waals surface area contributed by atoms with Crippen LogP contribution in [0.15, 0.2) is 36.4 Å². The number of halogens is 1. The van der Waals surface area contributed by atoms with Crippen LogP contribution in [0.4, 0.5) is 0 Å². The van der Waals surface area contributed by atoms with Gasteiger partial charge in [-0.25, -0.2) is 0 Å². The first-order valence-corrected chi connectivity index (χ1v) is 9.56. The Bertz CT molecular complexity index is 821. The number of hydrogen-bond acceptors (Lipinski definition) is 3. The number of aliphatic carboxylic acids is 1. The van der Waals surface area contributed by atoms with Gasteiger partial charge in [-0.05, 0) is 54.5 Å². The van der Waals surface area contributed by atoms with E-state index in [9.17, 15) is 9.59 Å². The van der Waals surface area contributed by atoms with Crippen LogP contribution >= 0.6 is 22.9 Å². The van der Waals surface area contributed by atoms with Gasteiger partial charge in [-0.2, -0.15) is 0 Å². The molecule has 1 aliphatic carbocycles. The molecule has 6 heteroatoms. The summed E-state index contributed by atoms with van der Waals surface area (Å²) < 4.78 is 0. The fourth-order valence-corrected chi connectivity index (χ4v) is 4.89. The summed E-state index contributed by atoms with van der Waals surface area (Å²) in [4.78, 5) is 27.5. The lowest BCUT2D eigenvalue weighted by molar-refractivity contribution is -0.139. The number of carbonyl (C=O) groups is 2. The third-order valence-electron chi connectivity index (χ3n) is 5.48. The topological polar surface area (TPSA) is 57.6 Å². The number of carbonyl (C=O) groups excluding carboxylic acids is 1. The van der Waals surface area contributed by atoms with Crippen LogP contribution in [0.1, 0.15) is 28.9 Å². The highest BCUT2D eigenvalue weighted by atomic mass is 35.5. The summed E-state index contributed by atoms with van der Waals surface area (Å²) in [6, 6.07) is 11.4. The molecule has 2 heterocycles. The summed E-state index contributed by atoms with van der Waals surface area (Å²) in [5.74, 6) is -0.846. The molecule has 0 bridgehead atoms. The van der Waals surface area contributed by atoms with E-state index < -0.39 is 5.97 Å². The van der Waals surface area contributed by atoms with Crippen LogP contribution in [0.3, 0.4) is 0 Å². The molecule has 1 saturated heterocycles. The molecule has 1 unspecified atom stereocenters. The SMILES string of the molecule is O=C(O)C1CC12CCN(C(=O)c1ccc(-c3ccc(Cl)cc3)s1)CC2. The number of amides is 1. The van der Waals surface area contributed by atoms with Crippen molar-refractivity contribution >= 4 is 34.8 Å². The maximum absolute atomic E-state index is 12.7. The smallest absolute Gasteiger partial charge is 0.307 e. The molecule has 2 fully saturated rings. The highest BCUT2D eigenvalue weighted by Gasteiger charge is 2.59. The highest BCUT2D eigenvalue weighted by molar-refractivity contribution is 7.17. The average molecular weight is 376 g/mol. The molecule has 1 atom stereocenters. The number of likely N-dealkylation sites (tertiary alicyclic amines) is 1. The number of rotatable bonds is 3. The molecular formula is C19H18ClNO3S. The highest BCUT2D eigenvalue weighted by Crippen LogP contribution is 2.59. The van der Waals surface area contributed by atoms with Crippen LogP contribution in [0.2, 0.25) is 5.02 Å². The Labute approximate surface area is 155 Å². The van der Waals surface area contributed by atoms with Crippen molar-refractivity contribution in [2.75, 3.05) is 13.1 Å². The van der Waals surface area contributed by atoms with Crippen molar-refractivity contribution in [2.24, 2.45) is 11.3 Å². The van der Waals surface area contributed by atoms with Crippen LogP contribution in [0, 0.1) is 11.3 Å². The number of carboxylic acids is 1.